The van der Waals surface area contributed by atoms with Crippen molar-refractivity contribution in [1.82, 2.24) is 9.80 Å². The van der Waals surface area contributed by atoms with Gasteiger partial charge in [0.2, 0.25) is 11.7 Å². The fourth-order valence-corrected chi connectivity index (χ4v) is 2.09. The highest BCUT2D eigenvalue weighted by molar-refractivity contribution is 6.47. The van der Waals surface area contributed by atoms with Gasteiger partial charge in [0.1, 0.15) is 18.0 Å². The summed E-state index contributed by atoms with van der Waals surface area (Å²) in [6.07, 6.45) is 1.50. The van der Waals surface area contributed by atoms with Crippen molar-refractivity contribution in [2.75, 3.05) is 13.6 Å². The smallest absolute Gasteiger partial charge is 0.296 e. The molecule has 0 atom stereocenters. The maximum Gasteiger partial charge on any atom is 0.296 e. The number of benzene rings is 1. The van der Waals surface area contributed by atoms with Crippen LogP contribution in [-0.4, -0.2) is 52.1 Å². The molecule has 0 saturated carbocycles. The molecule has 1 fully saturated rings. The number of hydrogen-bond donors (Lipinski definition) is 1. The van der Waals surface area contributed by atoms with Gasteiger partial charge in [-0.15, -0.1) is 0 Å². The number of carbonyl (C=O) groups is 3. The normalized spacial score (nSPS) is 20.1. The Morgan fingerprint density at radius 3 is 2.48 bits per heavy atom. The Kier molecular flexibility index (Phi) is 2.83. The first-order chi connectivity index (χ1) is 9.97. The largest absolute Gasteiger partial charge is 0.508 e. The van der Waals surface area contributed by atoms with Crippen LogP contribution in [0, 0.1) is 0 Å². The second kappa shape index (κ2) is 4.55. The fraction of sp³-hybridized carbons (Fsp3) is 0.143. The molecule has 0 aliphatic carbocycles. The monoisotopic (exact) mass is 285 g/mol. The summed E-state index contributed by atoms with van der Waals surface area (Å²) in [6.45, 7) is -0.188. The van der Waals surface area contributed by atoms with E-state index in [1.165, 1.54) is 25.3 Å². The number of fused-ring (bicyclic) bond motifs is 1. The second-order valence-electron chi connectivity index (χ2n) is 4.71. The highest BCUT2D eigenvalue weighted by Gasteiger charge is 2.42. The Morgan fingerprint density at radius 1 is 1.14 bits per heavy atom. The number of nitrogens with zero attached hydrogens (tertiary/aromatic N) is 3. The molecule has 106 valence electrons. The van der Waals surface area contributed by atoms with E-state index in [9.17, 15) is 19.5 Å². The lowest BCUT2D eigenvalue weighted by molar-refractivity contribution is -0.145. The van der Waals surface area contributed by atoms with E-state index in [4.69, 9.17) is 0 Å². The molecule has 7 heteroatoms. The van der Waals surface area contributed by atoms with Gasteiger partial charge in [-0.05, 0) is 23.8 Å². The van der Waals surface area contributed by atoms with E-state index in [0.717, 1.165) is 9.80 Å². The zero-order valence-corrected chi connectivity index (χ0v) is 11.1. The van der Waals surface area contributed by atoms with Gasteiger partial charge in [0.25, 0.3) is 11.8 Å². The van der Waals surface area contributed by atoms with Gasteiger partial charge in [-0.3, -0.25) is 24.2 Å². The van der Waals surface area contributed by atoms with Crippen molar-refractivity contribution in [2.45, 2.75) is 0 Å². The van der Waals surface area contributed by atoms with Gasteiger partial charge in [-0.25, -0.2) is 4.99 Å². The molecule has 3 amide bonds. The quantitative estimate of drug-likeness (QED) is 0.579. The standard InChI is InChI=1S/C14H11N3O4/c1-16-11(19)7-17-12(14(16)21)15-10(13(17)20)6-8-2-4-9(18)5-3-8/h2-6,18H,7H2,1H3/b10-6-. The molecule has 3 rings (SSSR count). The van der Waals surface area contributed by atoms with Gasteiger partial charge in [0, 0.05) is 7.05 Å². The number of hydrogen-bond acceptors (Lipinski definition) is 5. The van der Waals surface area contributed by atoms with E-state index in [2.05, 4.69) is 4.99 Å². The maximum absolute atomic E-state index is 12.2. The molecule has 1 saturated heterocycles. The molecule has 21 heavy (non-hydrogen) atoms. The lowest BCUT2D eigenvalue weighted by Crippen LogP contribution is -2.55. The van der Waals surface area contributed by atoms with Crippen LogP contribution in [0.25, 0.3) is 6.08 Å². The molecule has 1 aromatic carbocycles. The van der Waals surface area contributed by atoms with Crippen LogP contribution in [0.1, 0.15) is 5.56 Å². The molecule has 2 aliphatic heterocycles. The number of amides is 3. The van der Waals surface area contributed by atoms with E-state index < -0.39 is 17.7 Å². The Labute approximate surface area is 119 Å². The third kappa shape index (κ3) is 2.08. The fourth-order valence-electron chi connectivity index (χ4n) is 2.09. The Balaban J connectivity index is 1.97. The zero-order valence-electron chi connectivity index (χ0n) is 11.1. The zero-order chi connectivity index (χ0) is 15.1. The summed E-state index contributed by atoms with van der Waals surface area (Å²) >= 11 is 0. The number of aromatic hydroxyl groups is 1. The van der Waals surface area contributed by atoms with Crippen LogP contribution < -0.4 is 0 Å². The van der Waals surface area contributed by atoms with Crippen molar-refractivity contribution in [2.24, 2.45) is 4.99 Å². The summed E-state index contributed by atoms with van der Waals surface area (Å²) in [5.41, 5.74) is 0.750. The minimum absolute atomic E-state index is 0.0351. The summed E-state index contributed by atoms with van der Waals surface area (Å²) in [7, 11) is 1.36. The van der Waals surface area contributed by atoms with Crippen LogP contribution in [0.3, 0.4) is 0 Å². The molecule has 2 aliphatic rings. The van der Waals surface area contributed by atoms with Gasteiger partial charge in [-0.1, -0.05) is 12.1 Å². The third-order valence-corrected chi connectivity index (χ3v) is 3.31. The molecular formula is C14H11N3O4. The van der Waals surface area contributed by atoms with E-state index in [0.29, 0.717) is 5.56 Å². The van der Waals surface area contributed by atoms with Crippen molar-refractivity contribution >= 4 is 29.6 Å². The minimum Gasteiger partial charge on any atom is -0.508 e. The van der Waals surface area contributed by atoms with Crippen LogP contribution in [0.15, 0.2) is 35.0 Å². The summed E-state index contributed by atoms with van der Waals surface area (Å²) < 4.78 is 0. The topological polar surface area (TPSA) is 90.3 Å². The first kappa shape index (κ1) is 13.0. The summed E-state index contributed by atoms with van der Waals surface area (Å²) in [5.74, 6) is -1.44. The van der Waals surface area contributed by atoms with Crippen molar-refractivity contribution in [1.29, 1.82) is 0 Å². The second-order valence-corrected chi connectivity index (χ2v) is 4.71. The number of likely N-dealkylation sites (N-methyl/N-ethyl adjacent to an activating group) is 1. The molecule has 2 heterocycles. The average molecular weight is 285 g/mol. The van der Waals surface area contributed by atoms with Gasteiger partial charge >= 0.3 is 0 Å². The number of amidine groups is 1. The Morgan fingerprint density at radius 2 is 1.81 bits per heavy atom. The van der Waals surface area contributed by atoms with E-state index in [1.807, 2.05) is 0 Å². The molecule has 7 nitrogen and oxygen atoms in total. The molecule has 0 spiro atoms. The van der Waals surface area contributed by atoms with Crippen LogP contribution in [0.4, 0.5) is 0 Å². The summed E-state index contributed by atoms with van der Waals surface area (Å²) in [4.78, 5) is 41.8. The molecule has 0 radical (unpaired) electrons. The number of phenols is 1. The SMILES string of the molecule is CN1C(=O)CN2C(=O)/C(=C/c3ccc(O)cc3)N=C2C1=O. The molecule has 1 N–H and O–H groups in total. The van der Waals surface area contributed by atoms with E-state index in [-0.39, 0.29) is 23.8 Å². The van der Waals surface area contributed by atoms with Crippen LogP contribution in [0.2, 0.25) is 0 Å². The maximum atomic E-state index is 12.2. The number of aliphatic imine (C=N–C) groups is 1. The van der Waals surface area contributed by atoms with Crippen molar-refractivity contribution in [3.05, 3.63) is 35.5 Å². The van der Waals surface area contributed by atoms with Crippen molar-refractivity contribution in [3.63, 3.8) is 0 Å². The Hall–Kier alpha value is -2.96. The summed E-state index contributed by atoms with van der Waals surface area (Å²) in [5, 5.41) is 9.22. The highest BCUT2D eigenvalue weighted by atomic mass is 16.3. The molecule has 0 bridgehead atoms. The number of carbonyl (C=O) groups excluding carboxylic acids is 3. The van der Waals surface area contributed by atoms with Gasteiger partial charge < -0.3 is 5.11 Å². The van der Waals surface area contributed by atoms with Crippen LogP contribution >= 0.6 is 0 Å². The predicted octanol–water partition coefficient (Wildman–Crippen LogP) is -0.0276. The molecule has 0 unspecified atom stereocenters. The first-order valence-corrected chi connectivity index (χ1v) is 6.19. The molecular weight excluding hydrogens is 274 g/mol. The van der Waals surface area contributed by atoms with Crippen LogP contribution in [-0.2, 0) is 14.4 Å². The number of piperazine rings is 1. The molecule has 0 aromatic heterocycles. The number of phenolic OH excluding ortho intramolecular Hbond substituents is 1. The average Bonchev–Trinajstić information content (AvgIpc) is 2.76. The lowest BCUT2D eigenvalue weighted by Gasteiger charge is -2.27. The Bertz CT molecular complexity index is 718. The minimum atomic E-state index is -0.589. The number of rotatable bonds is 1. The van der Waals surface area contributed by atoms with Gasteiger partial charge in [0.15, 0.2) is 0 Å². The molecule has 1 aromatic rings. The highest BCUT2D eigenvalue weighted by Crippen LogP contribution is 2.22. The summed E-state index contributed by atoms with van der Waals surface area (Å²) in [6, 6.07) is 6.20. The van der Waals surface area contributed by atoms with Gasteiger partial charge in [-0.2, -0.15) is 0 Å². The first-order valence-electron chi connectivity index (χ1n) is 6.19. The van der Waals surface area contributed by atoms with E-state index in [1.54, 1.807) is 12.1 Å². The van der Waals surface area contributed by atoms with Crippen LogP contribution in [0.5, 0.6) is 5.75 Å². The predicted molar refractivity (Wildman–Crippen MR) is 73.0 cm³/mol. The number of imide groups is 1. The van der Waals surface area contributed by atoms with Crippen molar-refractivity contribution in [3.8, 4) is 5.75 Å². The van der Waals surface area contributed by atoms with Crippen molar-refractivity contribution < 1.29 is 19.5 Å². The van der Waals surface area contributed by atoms with Gasteiger partial charge in [0.05, 0.1) is 0 Å². The lowest BCUT2D eigenvalue weighted by atomic mass is 10.2. The third-order valence-electron chi connectivity index (χ3n) is 3.31. The van der Waals surface area contributed by atoms with E-state index >= 15 is 0 Å².